The maximum Gasteiger partial charge on any atom is 0.416 e. The first kappa shape index (κ1) is 24.6. The van der Waals surface area contributed by atoms with Gasteiger partial charge in [0.15, 0.2) is 0 Å². The first-order valence-corrected chi connectivity index (χ1v) is 10.6. The minimum atomic E-state index is -4.51. The monoisotopic (exact) mass is 482 g/mol. The summed E-state index contributed by atoms with van der Waals surface area (Å²) in [4.78, 5) is 15.8. The summed E-state index contributed by atoms with van der Waals surface area (Å²) in [6.45, 7) is 3.55. The molecular weight excluding hydrogens is 460 g/mol. The lowest BCUT2D eigenvalue weighted by atomic mass is 10.0. The van der Waals surface area contributed by atoms with Crippen LogP contribution in [-0.4, -0.2) is 17.0 Å². The molecule has 0 spiro atoms. The second-order valence-corrected chi connectivity index (χ2v) is 8.36. The first-order valence-electron chi connectivity index (χ1n) is 10.2. The number of benzene rings is 2. The van der Waals surface area contributed by atoms with E-state index in [9.17, 15) is 22.4 Å². The summed E-state index contributed by atoms with van der Waals surface area (Å²) in [6, 6.07) is 10.1. The van der Waals surface area contributed by atoms with Crippen LogP contribution in [0.3, 0.4) is 0 Å². The van der Waals surface area contributed by atoms with E-state index in [1.165, 1.54) is 18.2 Å². The highest BCUT2D eigenvalue weighted by Gasteiger charge is 2.31. The van der Waals surface area contributed by atoms with E-state index in [4.69, 9.17) is 16.3 Å². The molecule has 0 saturated carbocycles. The number of carbonyl (C=O) groups is 1. The normalized spacial score (nSPS) is 12.6. The number of nitrogens with one attached hydrogen (secondary N) is 2. The molecule has 1 aromatic heterocycles. The Morgan fingerprint density at radius 3 is 2.42 bits per heavy atom. The Labute approximate surface area is 193 Å². The van der Waals surface area contributed by atoms with E-state index >= 15 is 0 Å². The van der Waals surface area contributed by atoms with Crippen LogP contribution in [0.4, 0.5) is 23.2 Å². The second-order valence-electron chi connectivity index (χ2n) is 7.95. The predicted octanol–water partition coefficient (Wildman–Crippen LogP) is 6.60. The van der Waals surface area contributed by atoms with E-state index < -0.39 is 23.8 Å². The molecule has 176 valence electrons. The van der Waals surface area contributed by atoms with Crippen LogP contribution in [0.15, 0.2) is 54.7 Å². The third-order valence-electron chi connectivity index (χ3n) is 5.12. The highest BCUT2D eigenvalue weighted by Crippen LogP contribution is 2.34. The quantitative estimate of drug-likeness (QED) is 0.281. The zero-order valence-corrected chi connectivity index (χ0v) is 18.7. The predicted molar refractivity (Wildman–Crippen MR) is 118 cm³/mol. The fourth-order valence-electron chi connectivity index (χ4n) is 3.27. The van der Waals surface area contributed by atoms with Gasteiger partial charge in [0.05, 0.1) is 22.0 Å². The van der Waals surface area contributed by atoms with Crippen molar-refractivity contribution >= 4 is 23.3 Å². The smallest absolute Gasteiger partial charge is 0.416 e. The number of hydrogen-bond donors (Lipinski definition) is 2. The number of halogens is 5. The molecule has 3 rings (SSSR count). The Balaban J connectivity index is 1.66. The van der Waals surface area contributed by atoms with Gasteiger partial charge in [0, 0.05) is 6.20 Å². The summed E-state index contributed by atoms with van der Waals surface area (Å²) < 4.78 is 57.2. The number of hydrogen-bond acceptors (Lipinski definition) is 3. The molecule has 33 heavy (non-hydrogen) atoms. The molecule has 1 unspecified atom stereocenters. The van der Waals surface area contributed by atoms with Gasteiger partial charge in [-0.1, -0.05) is 37.6 Å². The zero-order valence-electron chi connectivity index (χ0n) is 18.0. The Morgan fingerprint density at radius 1 is 1.12 bits per heavy atom. The van der Waals surface area contributed by atoms with E-state index in [-0.39, 0.29) is 29.1 Å². The molecule has 0 aliphatic rings. The van der Waals surface area contributed by atoms with Crippen molar-refractivity contribution in [3.8, 4) is 0 Å². The van der Waals surface area contributed by atoms with Gasteiger partial charge >= 0.3 is 12.1 Å². The van der Waals surface area contributed by atoms with Gasteiger partial charge in [-0.2, -0.15) is 13.2 Å². The van der Waals surface area contributed by atoms with Gasteiger partial charge in [-0.25, -0.2) is 9.18 Å². The van der Waals surface area contributed by atoms with Gasteiger partial charge in [0.25, 0.3) is 0 Å². The third kappa shape index (κ3) is 6.51. The van der Waals surface area contributed by atoms with Crippen molar-refractivity contribution in [2.24, 2.45) is 5.92 Å². The van der Waals surface area contributed by atoms with E-state index in [2.05, 4.69) is 10.3 Å². The lowest BCUT2D eigenvalue weighted by Gasteiger charge is -2.23. The average molecular weight is 483 g/mol. The van der Waals surface area contributed by atoms with Gasteiger partial charge < -0.3 is 15.0 Å². The highest BCUT2D eigenvalue weighted by molar-refractivity contribution is 6.33. The minimum absolute atomic E-state index is 0.0198. The Morgan fingerprint density at radius 2 is 1.82 bits per heavy atom. The molecule has 0 radical (unpaired) electrons. The van der Waals surface area contributed by atoms with Gasteiger partial charge in [0.1, 0.15) is 18.5 Å². The maximum absolute atomic E-state index is 13.1. The largest absolute Gasteiger partial charge is 0.458 e. The molecule has 0 aliphatic heterocycles. The van der Waals surface area contributed by atoms with Crippen LogP contribution in [0.1, 0.15) is 36.2 Å². The Kier molecular flexibility index (Phi) is 7.68. The molecule has 3 aromatic rings. The molecule has 9 heteroatoms. The summed E-state index contributed by atoms with van der Waals surface area (Å²) in [5.41, 5.74) is 1.83. The van der Waals surface area contributed by atoms with E-state index in [1.807, 2.05) is 6.07 Å². The van der Waals surface area contributed by atoms with Crippen LogP contribution in [0.2, 0.25) is 5.02 Å². The van der Waals surface area contributed by atoms with Crippen LogP contribution in [0.5, 0.6) is 0 Å². The summed E-state index contributed by atoms with van der Waals surface area (Å²) in [7, 11) is 0. The number of ether oxygens (including phenoxy) is 1. The van der Waals surface area contributed by atoms with Crippen molar-refractivity contribution in [3.63, 3.8) is 0 Å². The number of H-pyrrole nitrogens is 1. The van der Waals surface area contributed by atoms with Crippen molar-refractivity contribution in [2.75, 3.05) is 5.32 Å². The fourth-order valence-corrected chi connectivity index (χ4v) is 3.50. The topological polar surface area (TPSA) is 54.1 Å². The lowest BCUT2D eigenvalue weighted by molar-refractivity contribution is -0.147. The maximum atomic E-state index is 13.1. The second kappa shape index (κ2) is 10.3. The first-order chi connectivity index (χ1) is 15.5. The summed E-state index contributed by atoms with van der Waals surface area (Å²) in [5, 5.41) is 2.75. The number of aromatic nitrogens is 1. The molecular formula is C24H23ClF4N2O2. The van der Waals surface area contributed by atoms with Gasteiger partial charge in [-0.3, -0.25) is 0 Å². The van der Waals surface area contributed by atoms with Crippen LogP contribution in [0.25, 0.3) is 0 Å². The molecule has 4 nitrogen and oxygen atoms in total. The fraction of sp³-hybridized carbons (Fsp3) is 0.292. The SMILES string of the molecule is CC(C)C(Nc1ccc(C(F)(F)F)cc1Cl)C(=O)OCc1[nH]ccc1Cc1ccc(F)cc1. The molecule has 0 bridgehead atoms. The number of rotatable bonds is 8. The van der Waals surface area contributed by atoms with Crippen molar-refractivity contribution < 1.29 is 27.1 Å². The molecule has 0 amide bonds. The van der Waals surface area contributed by atoms with Gasteiger partial charge in [0.2, 0.25) is 0 Å². The van der Waals surface area contributed by atoms with Gasteiger partial charge in [-0.15, -0.1) is 0 Å². The third-order valence-corrected chi connectivity index (χ3v) is 5.44. The number of esters is 1. The Hall–Kier alpha value is -3.00. The van der Waals surface area contributed by atoms with Crippen molar-refractivity contribution in [3.05, 3.63) is 88.0 Å². The number of alkyl halides is 3. The van der Waals surface area contributed by atoms with Crippen molar-refractivity contribution in [2.45, 2.75) is 39.1 Å². The van der Waals surface area contributed by atoms with Crippen LogP contribution in [-0.2, 0) is 28.7 Å². The highest BCUT2D eigenvalue weighted by atomic mass is 35.5. The molecule has 1 heterocycles. The molecule has 0 fully saturated rings. The summed E-state index contributed by atoms with van der Waals surface area (Å²) >= 11 is 6.01. The van der Waals surface area contributed by atoms with Crippen LogP contribution in [0, 0.1) is 11.7 Å². The van der Waals surface area contributed by atoms with Crippen LogP contribution >= 0.6 is 11.6 Å². The van der Waals surface area contributed by atoms with E-state index in [0.717, 1.165) is 23.3 Å². The zero-order chi connectivity index (χ0) is 24.2. The standard InChI is InChI=1S/C24H23ClF4N2O2/c1-14(2)22(31-20-8-5-17(12-19(20)25)24(27,28)29)23(32)33-13-21-16(9-10-30-21)11-15-3-6-18(26)7-4-15/h3-10,12,14,22,30-31H,11,13H2,1-2H3. The van der Waals surface area contributed by atoms with Gasteiger partial charge in [-0.05, 0) is 59.9 Å². The minimum Gasteiger partial charge on any atom is -0.458 e. The molecule has 2 N–H and O–H groups in total. The lowest BCUT2D eigenvalue weighted by Crippen LogP contribution is -2.36. The summed E-state index contributed by atoms with van der Waals surface area (Å²) in [6.07, 6.45) is -2.26. The molecule has 1 atom stereocenters. The van der Waals surface area contributed by atoms with Crippen LogP contribution < -0.4 is 5.32 Å². The van der Waals surface area contributed by atoms with Crippen molar-refractivity contribution in [1.29, 1.82) is 0 Å². The van der Waals surface area contributed by atoms with E-state index in [1.54, 1.807) is 32.2 Å². The summed E-state index contributed by atoms with van der Waals surface area (Å²) in [5.74, 6) is -1.11. The van der Waals surface area contributed by atoms with Crippen molar-refractivity contribution in [1.82, 2.24) is 4.98 Å². The Bertz CT molecular complexity index is 1090. The number of aromatic amines is 1. The molecule has 0 aliphatic carbocycles. The molecule has 2 aromatic carbocycles. The number of anilines is 1. The number of carbonyl (C=O) groups excluding carboxylic acids is 1. The molecule has 0 saturated heterocycles. The average Bonchev–Trinajstić information content (AvgIpc) is 3.18. The van der Waals surface area contributed by atoms with E-state index in [0.29, 0.717) is 12.1 Å².